The van der Waals surface area contributed by atoms with E-state index in [-0.39, 0.29) is 11.2 Å². The molecule has 0 saturated carbocycles. The predicted octanol–water partition coefficient (Wildman–Crippen LogP) is 9.69. The van der Waals surface area contributed by atoms with Crippen LogP contribution in [0, 0.1) is 0 Å². The van der Waals surface area contributed by atoms with Crippen molar-refractivity contribution >= 4 is 5.69 Å². The van der Waals surface area contributed by atoms with E-state index < -0.39 is 0 Å². The standard InChI is InChI=1S/C30H55NO2/c1-5-7-9-10-11-12-13-14-15-16-17-18-19-21-23-33-29-25-27(31)28(32)24-26(29)30(3,4)22-20-8-6-2/h24-25,32H,5-23,31H2,1-4H3. The Hall–Kier alpha value is -1.38. The van der Waals surface area contributed by atoms with Gasteiger partial charge in [-0.2, -0.15) is 0 Å². The highest BCUT2D eigenvalue weighted by Gasteiger charge is 2.25. The van der Waals surface area contributed by atoms with Gasteiger partial charge in [-0.1, -0.05) is 130 Å². The fraction of sp³-hybridized carbons (Fsp3) is 0.800. The van der Waals surface area contributed by atoms with Crippen molar-refractivity contribution in [2.24, 2.45) is 0 Å². The number of aromatic hydroxyl groups is 1. The van der Waals surface area contributed by atoms with Crippen molar-refractivity contribution in [1.82, 2.24) is 0 Å². The van der Waals surface area contributed by atoms with Gasteiger partial charge in [0.05, 0.1) is 12.3 Å². The maximum Gasteiger partial charge on any atom is 0.139 e. The Kier molecular flexibility index (Phi) is 16.2. The number of nitrogens with two attached hydrogens (primary N) is 1. The molecule has 0 spiro atoms. The lowest BCUT2D eigenvalue weighted by atomic mass is 9.79. The van der Waals surface area contributed by atoms with Gasteiger partial charge in [0, 0.05) is 11.6 Å². The third-order valence-corrected chi connectivity index (χ3v) is 7.02. The van der Waals surface area contributed by atoms with Crippen molar-refractivity contribution in [3.05, 3.63) is 17.7 Å². The lowest BCUT2D eigenvalue weighted by Gasteiger charge is -2.28. The molecule has 192 valence electrons. The number of phenols is 1. The summed E-state index contributed by atoms with van der Waals surface area (Å²) in [5, 5.41) is 10.2. The van der Waals surface area contributed by atoms with E-state index in [9.17, 15) is 5.11 Å². The normalized spacial score (nSPS) is 11.8. The van der Waals surface area contributed by atoms with Crippen LogP contribution in [0.4, 0.5) is 5.69 Å². The molecular formula is C30H55NO2. The second-order valence-corrected chi connectivity index (χ2v) is 10.7. The zero-order valence-electron chi connectivity index (χ0n) is 22.5. The number of anilines is 1. The molecule has 1 aromatic rings. The molecule has 0 amide bonds. The zero-order valence-corrected chi connectivity index (χ0v) is 22.5. The Morgan fingerprint density at radius 3 is 1.67 bits per heavy atom. The monoisotopic (exact) mass is 461 g/mol. The Bertz CT molecular complexity index is 612. The Morgan fingerprint density at radius 2 is 1.15 bits per heavy atom. The largest absolute Gasteiger partial charge is 0.506 e. The van der Waals surface area contributed by atoms with E-state index in [1.807, 2.05) is 12.1 Å². The number of phenolic OH excluding ortho intramolecular Hbond substituents is 1. The van der Waals surface area contributed by atoms with E-state index in [0.29, 0.717) is 5.69 Å². The molecule has 0 aliphatic heterocycles. The third kappa shape index (κ3) is 13.2. The molecule has 0 heterocycles. The number of hydrogen-bond acceptors (Lipinski definition) is 3. The second-order valence-electron chi connectivity index (χ2n) is 10.7. The molecule has 0 atom stereocenters. The van der Waals surface area contributed by atoms with Crippen LogP contribution in [0.15, 0.2) is 12.1 Å². The predicted molar refractivity (Wildman–Crippen MR) is 145 cm³/mol. The summed E-state index contributed by atoms with van der Waals surface area (Å²) in [7, 11) is 0. The van der Waals surface area contributed by atoms with E-state index in [2.05, 4.69) is 27.7 Å². The van der Waals surface area contributed by atoms with Gasteiger partial charge in [-0.05, 0) is 24.3 Å². The third-order valence-electron chi connectivity index (χ3n) is 7.02. The smallest absolute Gasteiger partial charge is 0.139 e. The zero-order chi connectivity index (χ0) is 24.4. The highest BCUT2D eigenvalue weighted by Crippen LogP contribution is 2.40. The van der Waals surface area contributed by atoms with Crippen LogP contribution < -0.4 is 10.5 Å². The van der Waals surface area contributed by atoms with Crippen LogP contribution in [0.25, 0.3) is 0 Å². The van der Waals surface area contributed by atoms with Crippen LogP contribution in [0.5, 0.6) is 11.5 Å². The fourth-order valence-electron chi connectivity index (χ4n) is 4.66. The number of ether oxygens (including phenoxy) is 1. The van der Waals surface area contributed by atoms with Crippen LogP contribution in [-0.2, 0) is 5.41 Å². The molecule has 3 nitrogen and oxygen atoms in total. The van der Waals surface area contributed by atoms with Gasteiger partial charge in [-0.15, -0.1) is 0 Å². The molecule has 0 fully saturated rings. The average Bonchev–Trinajstić information content (AvgIpc) is 2.78. The van der Waals surface area contributed by atoms with Crippen LogP contribution in [0.2, 0.25) is 0 Å². The van der Waals surface area contributed by atoms with E-state index in [1.54, 1.807) is 0 Å². The van der Waals surface area contributed by atoms with Crippen LogP contribution in [0.1, 0.15) is 149 Å². The van der Waals surface area contributed by atoms with Crippen molar-refractivity contribution < 1.29 is 9.84 Å². The Balaban J connectivity index is 2.22. The number of nitrogen functional groups attached to an aromatic ring is 1. The highest BCUT2D eigenvalue weighted by atomic mass is 16.5. The van der Waals surface area contributed by atoms with Crippen LogP contribution >= 0.6 is 0 Å². The van der Waals surface area contributed by atoms with Gasteiger partial charge in [0.25, 0.3) is 0 Å². The second kappa shape index (κ2) is 18.0. The fourth-order valence-corrected chi connectivity index (χ4v) is 4.66. The van der Waals surface area contributed by atoms with E-state index in [1.165, 1.54) is 103 Å². The van der Waals surface area contributed by atoms with Gasteiger partial charge in [-0.3, -0.25) is 0 Å². The quantitative estimate of drug-likeness (QED) is 0.109. The first-order valence-corrected chi connectivity index (χ1v) is 14.2. The first-order valence-electron chi connectivity index (χ1n) is 14.2. The minimum atomic E-state index is -0.0365. The summed E-state index contributed by atoms with van der Waals surface area (Å²) >= 11 is 0. The Morgan fingerprint density at radius 1 is 0.697 bits per heavy atom. The molecule has 3 N–H and O–H groups in total. The van der Waals surface area contributed by atoms with Gasteiger partial charge >= 0.3 is 0 Å². The summed E-state index contributed by atoms with van der Waals surface area (Å²) < 4.78 is 6.18. The molecule has 0 aliphatic carbocycles. The molecule has 0 radical (unpaired) electrons. The summed E-state index contributed by atoms with van der Waals surface area (Å²) in [5.74, 6) is 1.01. The lowest BCUT2D eigenvalue weighted by Crippen LogP contribution is -2.19. The summed E-state index contributed by atoms with van der Waals surface area (Å²) in [6.45, 7) is 9.72. The van der Waals surface area contributed by atoms with Gasteiger partial charge < -0.3 is 15.6 Å². The van der Waals surface area contributed by atoms with Gasteiger partial charge in [0.2, 0.25) is 0 Å². The maximum absolute atomic E-state index is 10.2. The first kappa shape index (κ1) is 29.7. The molecule has 0 bridgehead atoms. The van der Waals surface area contributed by atoms with Crippen molar-refractivity contribution in [3.8, 4) is 11.5 Å². The first-order chi connectivity index (χ1) is 15.9. The topological polar surface area (TPSA) is 55.5 Å². The molecule has 0 saturated heterocycles. The minimum absolute atomic E-state index is 0.0365. The van der Waals surface area contributed by atoms with Crippen molar-refractivity contribution in [2.75, 3.05) is 12.3 Å². The maximum atomic E-state index is 10.2. The van der Waals surface area contributed by atoms with Gasteiger partial charge in [0.15, 0.2) is 0 Å². The molecule has 3 heteroatoms. The molecule has 33 heavy (non-hydrogen) atoms. The summed E-state index contributed by atoms with van der Waals surface area (Å²) in [6, 6.07) is 3.64. The molecule has 1 aromatic carbocycles. The average molecular weight is 462 g/mol. The summed E-state index contributed by atoms with van der Waals surface area (Å²) in [6.07, 6.45) is 23.8. The number of benzene rings is 1. The molecular weight excluding hydrogens is 406 g/mol. The highest BCUT2D eigenvalue weighted by molar-refractivity contribution is 5.60. The molecule has 0 unspecified atom stereocenters. The summed E-state index contributed by atoms with van der Waals surface area (Å²) in [4.78, 5) is 0. The van der Waals surface area contributed by atoms with Gasteiger partial charge in [-0.25, -0.2) is 0 Å². The molecule has 0 aliphatic rings. The number of rotatable bonds is 21. The minimum Gasteiger partial charge on any atom is -0.506 e. The van der Waals surface area contributed by atoms with Gasteiger partial charge in [0.1, 0.15) is 11.5 Å². The van der Waals surface area contributed by atoms with Crippen molar-refractivity contribution in [1.29, 1.82) is 0 Å². The van der Waals surface area contributed by atoms with Crippen LogP contribution in [0.3, 0.4) is 0 Å². The number of hydrogen-bond donors (Lipinski definition) is 2. The molecule has 1 rings (SSSR count). The SMILES string of the molecule is CCCCCCCCCCCCCCCCOc1cc(N)c(O)cc1C(C)(C)CCCCC. The summed E-state index contributed by atoms with van der Waals surface area (Å²) in [5.41, 5.74) is 7.43. The van der Waals surface area contributed by atoms with E-state index in [0.717, 1.165) is 30.8 Å². The number of unbranched alkanes of at least 4 members (excludes halogenated alkanes) is 15. The van der Waals surface area contributed by atoms with E-state index in [4.69, 9.17) is 10.5 Å². The Labute approximate surface area is 205 Å². The van der Waals surface area contributed by atoms with Crippen molar-refractivity contribution in [3.63, 3.8) is 0 Å². The van der Waals surface area contributed by atoms with Crippen LogP contribution in [-0.4, -0.2) is 11.7 Å². The van der Waals surface area contributed by atoms with Crippen molar-refractivity contribution in [2.45, 2.75) is 149 Å². The van der Waals surface area contributed by atoms with E-state index >= 15 is 0 Å². The lowest BCUT2D eigenvalue weighted by molar-refractivity contribution is 0.292. The molecule has 0 aromatic heterocycles.